The largest absolute Gasteiger partial charge is 0.397 e. The topological polar surface area (TPSA) is 56.0 Å². The molecule has 2 N–H and O–H groups in total. The molecular formula is C19H14N2OS. The summed E-state index contributed by atoms with van der Waals surface area (Å²) in [6, 6.07) is 17.4. The molecule has 0 saturated carbocycles. The van der Waals surface area contributed by atoms with Gasteiger partial charge in [-0.05, 0) is 19.1 Å². The Hall–Kier alpha value is -2.72. The minimum atomic E-state index is -0.0467. The molecule has 0 amide bonds. The molecule has 2 aromatic carbocycles. The first-order valence-electron chi connectivity index (χ1n) is 7.32. The molecule has 23 heavy (non-hydrogen) atoms. The lowest BCUT2D eigenvalue weighted by molar-refractivity contribution is 0.104. The highest BCUT2D eigenvalue weighted by Crippen LogP contribution is 2.35. The van der Waals surface area contributed by atoms with Gasteiger partial charge in [-0.2, -0.15) is 0 Å². The van der Waals surface area contributed by atoms with Gasteiger partial charge in [0.1, 0.15) is 9.71 Å². The van der Waals surface area contributed by atoms with Gasteiger partial charge in [-0.25, -0.2) is 4.98 Å². The fourth-order valence-corrected chi connectivity index (χ4v) is 3.69. The number of carbonyl (C=O) groups excluding carboxylic acids is 1. The minimum Gasteiger partial charge on any atom is -0.397 e. The summed E-state index contributed by atoms with van der Waals surface area (Å²) in [5, 5.41) is 1.88. The second kappa shape index (κ2) is 5.18. The van der Waals surface area contributed by atoms with Gasteiger partial charge in [0.25, 0.3) is 0 Å². The van der Waals surface area contributed by atoms with E-state index in [4.69, 9.17) is 5.73 Å². The number of ketones is 1. The van der Waals surface area contributed by atoms with Gasteiger partial charge in [0.2, 0.25) is 5.78 Å². The first kappa shape index (κ1) is 13.9. The molecule has 0 radical (unpaired) electrons. The highest BCUT2D eigenvalue weighted by Gasteiger charge is 2.19. The smallest absolute Gasteiger partial charge is 0.205 e. The van der Waals surface area contributed by atoms with Crippen molar-refractivity contribution in [3.05, 3.63) is 70.6 Å². The molecule has 2 aromatic heterocycles. The van der Waals surface area contributed by atoms with Crippen LogP contribution in [0.2, 0.25) is 0 Å². The van der Waals surface area contributed by atoms with Gasteiger partial charge in [0, 0.05) is 16.3 Å². The number of benzene rings is 2. The summed E-state index contributed by atoms with van der Waals surface area (Å²) < 4.78 is 0. The average Bonchev–Trinajstić information content (AvgIpc) is 2.89. The van der Waals surface area contributed by atoms with E-state index in [1.165, 1.54) is 11.3 Å². The van der Waals surface area contributed by atoms with Crippen LogP contribution in [0.3, 0.4) is 0 Å². The summed E-state index contributed by atoms with van der Waals surface area (Å²) in [5.74, 6) is -0.0467. The molecule has 4 rings (SSSR count). The maximum absolute atomic E-state index is 12.7. The lowest BCUT2D eigenvalue weighted by Crippen LogP contribution is -2.01. The molecule has 0 aliphatic heterocycles. The van der Waals surface area contributed by atoms with Crippen molar-refractivity contribution in [3.63, 3.8) is 0 Å². The summed E-state index contributed by atoms with van der Waals surface area (Å²) in [5.41, 5.74) is 9.46. The Bertz CT molecular complexity index is 1050. The molecule has 3 nitrogen and oxygen atoms in total. The number of para-hydroxylation sites is 1. The number of nitrogens with zero attached hydrogens (tertiary/aromatic N) is 1. The predicted octanol–water partition coefficient (Wildman–Crippen LogP) is 4.57. The van der Waals surface area contributed by atoms with Crippen LogP contribution in [-0.4, -0.2) is 10.8 Å². The standard InChI is InChI=1S/C19H14N2OS/c1-11-6-8-12(9-7-11)17(22)18-16(20)14-10-13-4-2-3-5-15(13)21-19(14)23-18/h2-10H,20H2,1H3. The van der Waals surface area contributed by atoms with Crippen molar-refractivity contribution in [2.75, 3.05) is 5.73 Å². The number of aryl methyl sites for hydroxylation is 1. The maximum Gasteiger partial charge on any atom is 0.205 e. The molecule has 0 aliphatic rings. The number of hydrogen-bond acceptors (Lipinski definition) is 4. The minimum absolute atomic E-state index is 0.0467. The molecule has 0 bridgehead atoms. The normalized spacial score (nSPS) is 11.2. The zero-order valence-corrected chi connectivity index (χ0v) is 13.4. The molecule has 4 heteroatoms. The van der Waals surface area contributed by atoms with Crippen LogP contribution < -0.4 is 5.73 Å². The molecule has 4 aromatic rings. The second-order valence-electron chi connectivity index (χ2n) is 5.57. The molecule has 0 saturated heterocycles. The van der Waals surface area contributed by atoms with E-state index in [0.717, 1.165) is 26.7 Å². The Labute approximate surface area is 137 Å². The highest BCUT2D eigenvalue weighted by molar-refractivity contribution is 7.21. The van der Waals surface area contributed by atoms with Crippen LogP contribution >= 0.6 is 11.3 Å². The Kier molecular flexibility index (Phi) is 3.13. The third kappa shape index (κ3) is 2.28. The van der Waals surface area contributed by atoms with Crippen LogP contribution in [0.1, 0.15) is 20.8 Å². The van der Waals surface area contributed by atoms with Crippen molar-refractivity contribution < 1.29 is 4.79 Å². The lowest BCUT2D eigenvalue weighted by Gasteiger charge is -2.00. The number of carbonyl (C=O) groups is 1. The van der Waals surface area contributed by atoms with E-state index in [9.17, 15) is 4.79 Å². The average molecular weight is 318 g/mol. The van der Waals surface area contributed by atoms with Crippen LogP contribution in [0.15, 0.2) is 54.6 Å². The monoisotopic (exact) mass is 318 g/mol. The Morgan fingerprint density at radius 1 is 1.09 bits per heavy atom. The number of aromatic nitrogens is 1. The highest BCUT2D eigenvalue weighted by atomic mass is 32.1. The molecule has 0 spiro atoms. The number of nitrogen functional groups attached to an aromatic ring is 1. The van der Waals surface area contributed by atoms with Crippen LogP contribution in [0.25, 0.3) is 21.1 Å². The second-order valence-corrected chi connectivity index (χ2v) is 6.57. The number of nitrogens with two attached hydrogens (primary N) is 1. The van der Waals surface area contributed by atoms with Crippen LogP contribution in [-0.2, 0) is 0 Å². The first-order chi connectivity index (χ1) is 11.1. The van der Waals surface area contributed by atoms with E-state index >= 15 is 0 Å². The van der Waals surface area contributed by atoms with E-state index in [0.29, 0.717) is 16.1 Å². The van der Waals surface area contributed by atoms with E-state index in [1.807, 2.05) is 61.5 Å². The summed E-state index contributed by atoms with van der Waals surface area (Å²) >= 11 is 1.36. The third-order valence-electron chi connectivity index (χ3n) is 3.94. The van der Waals surface area contributed by atoms with Gasteiger partial charge in [-0.3, -0.25) is 4.79 Å². The number of fused-ring (bicyclic) bond motifs is 2. The third-order valence-corrected chi connectivity index (χ3v) is 5.06. The van der Waals surface area contributed by atoms with E-state index in [-0.39, 0.29) is 5.78 Å². The number of hydrogen-bond donors (Lipinski definition) is 1. The Balaban J connectivity index is 1.90. The van der Waals surface area contributed by atoms with E-state index in [1.54, 1.807) is 0 Å². The number of pyridine rings is 1. The van der Waals surface area contributed by atoms with Gasteiger partial charge < -0.3 is 5.73 Å². The molecule has 0 fully saturated rings. The zero-order chi connectivity index (χ0) is 16.0. The molecule has 0 atom stereocenters. The van der Waals surface area contributed by atoms with Gasteiger partial charge in [-0.1, -0.05) is 48.0 Å². The quantitative estimate of drug-likeness (QED) is 0.551. The Morgan fingerprint density at radius 2 is 1.83 bits per heavy atom. The predicted molar refractivity (Wildman–Crippen MR) is 96.1 cm³/mol. The Morgan fingerprint density at radius 3 is 2.61 bits per heavy atom. The fraction of sp³-hybridized carbons (Fsp3) is 0.0526. The molecule has 0 aliphatic carbocycles. The zero-order valence-electron chi connectivity index (χ0n) is 12.5. The summed E-state index contributed by atoms with van der Waals surface area (Å²) in [4.78, 5) is 18.7. The number of anilines is 1. The van der Waals surface area contributed by atoms with Crippen molar-refractivity contribution in [1.82, 2.24) is 4.98 Å². The van der Waals surface area contributed by atoms with Crippen LogP contribution in [0.5, 0.6) is 0 Å². The number of thiophene rings is 1. The van der Waals surface area contributed by atoms with Gasteiger partial charge >= 0.3 is 0 Å². The van der Waals surface area contributed by atoms with Crippen molar-refractivity contribution in [2.24, 2.45) is 0 Å². The van der Waals surface area contributed by atoms with Gasteiger partial charge in [0.15, 0.2) is 0 Å². The van der Waals surface area contributed by atoms with Crippen LogP contribution in [0.4, 0.5) is 5.69 Å². The van der Waals surface area contributed by atoms with Gasteiger partial charge in [-0.15, -0.1) is 11.3 Å². The SMILES string of the molecule is Cc1ccc(C(=O)c2sc3nc4ccccc4cc3c2N)cc1. The van der Waals surface area contributed by atoms with E-state index < -0.39 is 0 Å². The molecule has 112 valence electrons. The van der Waals surface area contributed by atoms with Gasteiger partial charge in [0.05, 0.1) is 11.2 Å². The molecule has 0 unspecified atom stereocenters. The first-order valence-corrected chi connectivity index (χ1v) is 8.14. The summed E-state index contributed by atoms with van der Waals surface area (Å²) in [6.07, 6.45) is 0. The number of rotatable bonds is 2. The van der Waals surface area contributed by atoms with Crippen molar-refractivity contribution in [2.45, 2.75) is 6.92 Å². The van der Waals surface area contributed by atoms with Crippen molar-refractivity contribution >= 4 is 43.9 Å². The summed E-state index contributed by atoms with van der Waals surface area (Å²) in [7, 11) is 0. The molecular weight excluding hydrogens is 304 g/mol. The van der Waals surface area contributed by atoms with E-state index in [2.05, 4.69) is 4.98 Å². The van der Waals surface area contributed by atoms with Crippen LogP contribution in [0, 0.1) is 6.92 Å². The summed E-state index contributed by atoms with van der Waals surface area (Å²) in [6.45, 7) is 2.00. The lowest BCUT2D eigenvalue weighted by atomic mass is 10.1. The van der Waals surface area contributed by atoms with Crippen molar-refractivity contribution in [1.29, 1.82) is 0 Å². The molecule has 2 heterocycles. The maximum atomic E-state index is 12.7. The fourth-order valence-electron chi connectivity index (χ4n) is 2.65. The van der Waals surface area contributed by atoms with Crippen molar-refractivity contribution in [3.8, 4) is 0 Å².